The van der Waals surface area contributed by atoms with Gasteiger partial charge in [-0.1, -0.05) is 24.1 Å². The van der Waals surface area contributed by atoms with Gasteiger partial charge < -0.3 is 14.8 Å². The molecule has 9 heteroatoms. The number of hydrogen-bond acceptors (Lipinski definition) is 6. The van der Waals surface area contributed by atoms with Crippen LogP contribution in [0, 0.1) is 0 Å². The van der Waals surface area contributed by atoms with E-state index in [0.717, 1.165) is 31.4 Å². The Morgan fingerprint density at radius 1 is 1.33 bits per heavy atom. The lowest BCUT2D eigenvalue weighted by Gasteiger charge is -2.33. The molecule has 2 heterocycles. The van der Waals surface area contributed by atoms with Crippen molar-refractivity contribution < 1.29 is 19.1 Å². The highest BCUT2D eigenvalue weighted by atomic mass is 79.9. The molecule has 7 nitrogen and oxygen atoms in total. The largest absolute Gasteiger partial charge is 0.496 e. The molecular weight excluding hydrogens is 474 g/mol. The van der Waals surface area contributed by atoms with E-state index in [2.05, 4.69) is 31.1 Å². The Balaban J connectivity index is 1.78. The number of anilines is 1. The van der Waals surface area contributed by atoms with Crippen molar-refractivity contribution in [1.29, 1.82) is 0 Å². The number of carbonyl (C=O) groups is 2. The van der Waals surface area contributed by atoms with E-state index in [9.17, 15) is 9.59 Å². The van der Waals surface area contributed by atoms with Gasteiger partial charge in [-0.05, 0) is 47.4 Å². The van der Waals surface area contributed by atoms with Crippen LogP contribution in [0.5, 0.6) is 5.75 Å². The van der Waals surface area contributed by atoms with Crippen LogP contribution < -0.4 is 10.1 Å². The first-order valence-electron chi connectivity index (χ1n) is 9.54. The molecule has 0 spiro atoms. The quantitative estimate of drug-likeness (QED) is 0.601. The standard InChI is InChI=1S/C21H23BrClN3O4/c1-29-18-10-16(20(27)25-15-7-5-6-14(22)19(15)23)24-11-13(18)12-26-9-4-3-8-17(26)21(28)30-2/h5-7,10-11,17H,3-4,8-9,12H2,1-2H3,(H,25,27)/t17-/m0/s1. The zero-order valence-electron chi connectivity index (χ0n) is 16.8. The first kappa shape index (κ1) is 22.5. The highest BCUT2D eigenvalue weighted by Crippen LogP contribution is 2.30. The van der Waals surface area contributed by atoms with Crippen LogP contribution in [-0.4, -0.2) is 48.6 Å². The summed E-state index contributed by atoms with van der Waals surface area (Å²) in [4.78, 5) is 31.1. The Hall–Kier alpha value is -2.16. The van der Waals surface area contributed by atoms with Crippen molar-refractivity contribution in [3.63, 3.8) is 0 Å². The number of likely N-dealkylation sites (tertiary alicyclic amines) is 1. The van der Waals surface area contributed by atoms with Gasteiger partial charge in [-0.3, -0.25) is 19.5 Å². The molecule has 1 saturated heterocycles. The number of hydrogen-bond donors (Lipinski definition) is 1. The molecule has 30 heavy (non-hydrogen) atoms. The van der Waals surface area contributed by atoms with Crippen LogP contribution in [0.1, 0.15) is 35.3 Å². The average Bonchev–Trinajstić information content (AvgIpc) is 2.77. The Kier molecular flexibility index (Phi) is 7.69. The fourth-order valence-corrected chi connectivity index (χ4v) is 4.03. The molecule has 1 fully saturated rings. The number of methoxy groups -OCH3 is 2. The number of benzene rings is 1. The molecule has 0 saturated carbocycles. The molecule has 1 aliphatic rings. The zero-order valence-corrected chi connectivity index (χ0v) is 19.1. The van der Waals surface area contributed by atoms with E-state index in [0.29, 0.717) is 27.5 Å². The van der Waals surface area contributed by atoms with Gasteiger partial charge in [-0.25, -0.2) is 0 Å². The van der Waals surface area contributed by atoms with E-state index in [1.54, 1.807) is 37.6 Å². The van der Waals surface area contributed by atoms with Gasteiger partial charge in [-0.2, -0.15) is 0 Å². The number of ether oxygens (including phenoxy) is 2. The summed E-state index contributed by atoms with van der Waals surface area (Å²) in [5.74, 6) is -0.0986. The summed E-state index contributed by atoms with van der Waals surface area (Å²) in [5.41, 5.74) is 1.48. The third-order valence-corrected chi connectivity index (χ3v) is 6.35. The SMILES string of the molecule is COC(=O)[C@@H]1CCCCN1Cc1cnc(C(=O)Nc2cccc(Br)c2Cl)cc1OC. The van der Waals surface area contributed by atoms with Gasteiger partial charge in [0.25, 0.3) is 5.91 Å². The van der Waals surface area contributed by atoms with E-state index < -0.39 is 5.91 Å². The fourth-order valence-electron chi connectivity index (χ4n) is 3.49. The minimum atomic E-state index is -0.398. The van der Waals surface area contributed by atoms with Crippen molar-refractivity contribution in [3.05, 3.63) is 51.2 Å². The molecule has 1 aliphatic heterocycles. The Morgan fingerprint density at radius 3 is 2.87 bits per heavy atom. The van der Waals surface area contributed by atoms with Crippen LogP contribution >= 0.6 is 27.5 Å². The summed E-state index contributed by atoms with van der Waals surface area (Å²) in [5, 5.41) is 3.17. The van der Waals surface area contributed by atoms with Crippen LogP contribution in [-0.2, 0) is 16.1 Å². The maximum Gasteiger partial charge on any atom is 0.323 e. The van der Waals surface area contributed by atoms with Crippen molar-refractivity contribution in [3.8, 4) is 5.75 Å². The van der Waals surface area contributed by atoms with Gasteiger partial charge in [0.2, 0.25) is 0 Å². The molecule has 1 aromatic carbocycles. The number of halogens is 2. The second-order valence-electron chi connectivity index (χ2n) is 6.94. The lowest BCUT2D eigenvalue weighted by Crippen LogP contribution is -2.44. The second-order valence-corrected chi connectivity index (χ2v) is 8.17. The van der Waals surface area contributed by atoms with Crippen molar-refractivity contribution >= 4 is 45.1 Å². The number of carbonyl (C=O) groups excluding carboxylic acids is 2. The average molecular weight is 497 g/mol. The van der Waals surface area contributed by atoms with Gasteiger partial charge in [-0.15, -0.1) is 0 Å². The Labute approximate surface area is 188 Å². The van der Waals surface area contributed by atoms with E-state index in [4.69, 9.17) is 21.1 Å². The summed E-state index contributed by atoms with van der Waals surface area (Å²) < 4.78 is 11.1. The number of aromatic nitrogens is 1. The molecule has 3 rings (SSSR count). The maximum atomic E-state index is 12.7. The van der Waals surface area contributed by atoms with Crippen molar-refractivity contribution in [2.24, 2.45) is 0 Å². The molecule has 160 valence electrons. The van der Waals surface area contributed by atoms with Crippen LogP contribution in [0.2, 0.25) is 5.02 Å². The number of nitrogens with zero attached hydrogens (tertiary/aromatic N) is 2. The smallest absolute Gasteiger partial charge is 0.323 e. The number of piperidine rings is 1. The maximum absolute atomic E-state index is 12.7. The predicted molar refractivity (Wildman–Crippen MR) is 118 cm³/mol. The number of nitrogens with one attached hydrogen (secondary N) is 1. The lowest BCUT2D eigenvalue weighted by molar-refractivity contribution is -0.148. The molecule has 1 atom stereocenters. The lowest BCUT2D eigenvalue weighted by atomic mass is 10.0. The first-order chi connectivity index (χ1) is 14.4. The Morgan fingerprint density at radius 2 is 2.13 bits per heavy atom. The van der Waals surface area contributed by atoms with E-state index in [1.807, 2.05) is 0 Å². The topological polar surface area (TPSA) is 80.8 Å². The minimum Gasteiger partial charge on any atom is -0.496 e. The number of esters is 1. The molecule has 2 aromatic rings. The van der Waals surface area contributed by atoms with Gasteiger partial charge in [0.15, 0.2) is 0 Å². The molecule has 0 aliphatic carbocycles. The summed E-state index contributed by atoms with van der Waals surface area (Å²) in [7, 11) is 2.95. The fraction of sp³-hybridized carbons (Fsp3) is 0.381. The Bertz CT molecular complexity index is 940. The summed E-state index contributed by atoms with van der Waals surface area (Å²) in [6.45, 7) is 1.27. The van der Waals surface area contributed by atoms with Crippen LogP contribution in [0.15, 0.2) is 34.9 Å². The predicted octanol–water partition coefficient (Wildman–Crippen LogP) is 4.29. The van der Waals surface area contributed by atoms with Crippen molar-refractivity contribution in [2.75, 3.05) is 26.1 Å². The molecule has 1 amide bonds. The second kappa shape index (κ2) is 10.2. The monoisotopic (exact) mass is 495 g/mol. The molecule has 0 unspecified atom stereocenters. The third kappa shape index (κ3) is 5.11. The molecule has 1 N–H and O–H groups in total. The summed E-state index contributed by atoms with van der Waals surface area (Å²) in [6, 6.07) is 6.58. The number of amides is 1. The van der Waals surface area contributed by atoms with Crippen LogP contribution in [0.25, 0.3) is 0 Å². The van der Waals surface area contributed by atoms with Crippen molar-refractivity contribution in [1.82, 2.24) is 9.88 Å². The van der Waals surface area contributed by atoms with Gasteiger partial charge in [0.05, 0.1) is 24.9 Å². The van der Waals surface area contributed by atoms with Gasteiger partial charge in [0, 0.05) is 28.8 Å². The third-order valence-electron chi connectivity index (χ3n) is 5.06. The van der Waals surface area contributed by atoms with Crippen LogP contribution in [0.4, 0.5) is 5.69 Å². The molecule has 1 aromatic heterocycles. The van der Waals surface area contributed by atoms with Crippen LogP contribution in [0.3, 0.4) is 0 Å². The minimum absolute atomic E-state index is 0.204. The van der Waals surface area contributed by atoms with Gasteiger partial charge in [0.1, 0.15) is 17.5 Å². The van der Waals surface area contributed by atoms with Gasteiger partial charge >= 0.3 is 5.97 Å². The number of rotatable bonds is 6. The first-order valence-corrected chi connectivity index (χ1v) is 10.7. The normalized spacial score (nSPS) is 16.7. The highest BCUT2D eigenvalue weighted by Gasteiger charge is 2.30. The molecule has 0 bridgehead atoms. The summed E-state index contributed by atoms with van der Waals surface area (Å²) >= 11 is 9.55. The highest BCUT2D eigenvalue weighted by molar-refractivity contribution is 9.10. The number of pyridine rings is 1. The zero-order chi connectivity index (χ0) is 21.7. The van der Waals surface area contributed by atoms with Crippen molar-refractivity contribution in [2.45, 2.75) is 31.8 Å². The van der Waals surface area contributed by atoms with E-state index in [1.165, 1.54) is 7.11 Å². The van der Waals surface area contributed by atoms with E-state index in [-0.39, 0.29) is 17.7 Å². The molecular formula is C21H23BrClN3O4. The molecule has 0 radical (unpaired) electrons. The summed E-state index contributed by atoms with van der Waals surface area (Å²) in [6.07, 6.45) is 4.37. The van der Waals surface area contributed by atoms with E-state index >= 15 is 0 Å².